The third-order valence-corrected chi connectivity index (χ3v) is 4.82. The van der Waals surface area contributed by atoms with Crippen molar-refractivity contribution in [2.75, 3.05) is 7.11 Å². The first-order chi connectivity index (χ1) is 13.6. The second kappa shape index (κ2) is 7.81. The average molecular weight is 398 g/mol. The number of ether oxygens (including phenoxy) is 1. The fourth-order valence-corrected chi connectivity index (χ4v) is 3.13. The molecule has 0 fully saturated rings. The van der Waals surface area contributed by atoms with Crippen molar-refractivity contribution in [1.29, 1.82) is 0 Å². The lowest BCUT2D eigenvalue weighted by Crippen LogP contribution is -1.88. The second-order valence-corrected chi connectivity index (χ2v) is 7.11. The third-order valence-electron chi connectivity index (χ3n) is 3.90. The summed E-state index contributed by atoms with van der Waals surface area (Å²) >= 11 is 1.31. The van der Waals surface area contributed by atoms with Crippen LogP contribution in [-0.2, 0) is 0 Å². The van der Waals surface area contributed by atoms with Gasteiger partial charge in [-0.1, -0.05) is 11.8 Å². The molecule has 0 amide bonds. The predicted octanol–water partition coefficient (Wildman–Crippen LogP) is 4.79. The zero-order valence-electron chi connectivity index (χ0n) is 15.0. The number of nitrogens with zero attached hydrogens (tertiary/aromatic N) is 4. The zero-order valence-corrected chi connectivity index (χ0v) is 15.8. The summed E-state index contributed by atoms with van der Waals surface area (Å²) < 4.78 is 29.6. The van der Waals surface area contributed by atoms with E-state index in [9.17, 15) is 4.39 Å². The van der Waals surface area contributed by atoms with Gasteiger partial charge in [0.25, 0.3) is 5.22 Å². The molecule has 0 bridgehead atoms. The molecule has 4 rings (SSSR count). The molecule has 9 heteroatoms. The number of methoxy groups -OCH3 is 1. The zero-order chi connectivity index (χ0) is 19.5. The van der Waals surface area contributed by atoms with Gasteiger partial charge in [-0.05, 0) is 55.5 Å². The highest BCUT2D eigenvalue weighted by Gasteiger charge is 2.20. The van der Waals surface area contributed by atoms with Crippen LogP contribution in [-0.4, -0.2) is 27.5 Å². The maximum Gasteiger partial charge on any atom is 0.277 e. The molecule has 0 spiro atoms. The fraction of sp³-hybridized carbons (Fsp3) is 0.158. The Morgan fingerprint density at radius 2 is 1.46 bits per heavy atom. The summed E-state index contributed by atoms with van der Waals surface area (Å²) in [6.45, 7) is 1.89. The second-order valence-electron chi connectivity index (χ2n) is 5.81. The minimum atomic E-state index is -0.323. The van der Waals surface area contributed by atoms with E-state index in [1.165, 1.54) is 23.9 Å². The first kappa shape index (κ1) is 18.2. The number of aromatic nitrogens is 4. The molecular weight excluding hydrogens is 383 g/mol. The Morgan fingerprint density at radius 1 is 0.857 bits per heavy atom. The Morgan fingerprint density at radius 3 is 2.14 bits per heavy atom. The minimum absolute atomic E-state index is 0.203. The van der Waals surface area contributed by atoms with E-state index in [4.69, 9.17) is 13.6 Å². The molecule has 0 N–H and O–H groups in total. The fourth-order valence-electron chi connectivity index (χ4n) is 2.42. The molecule has 0 saturated carbocycles. The predicted molar refractivity (Wildman–Crippen MR) is 100 cm³/mol. The van der Waals surface area contributed by atoms with Crippen LogP contribution in [0.5, 0.6) is 5.75 Å². The number of thioether (sulfide) groups is 1. The smallest absolute Gasteiger partial charge is 0.277 e. The van der Waals surface area contributed by atoms with E-state index in [1.54, 1.807) is 19.2 Å². The lowest BCUT2D eigenvalue weighted by molar-refractivity contribution is 0.414. The van der Waals surface area contributed by atoms with Gasteiger partial charge in [0.15, 0.2) is 0 Å². The highest BCUT2D eigenvalue weighted by Crippen LogP contribution is 2.35. The van der Waals surface area contributed by atoms with Gasteiger partial charge in [0, 0.05) is 11.1 Å². The van der Waals surface area contributed by atoms with E-state index < -0.39 is 0 Å². The number of benzene rings is 2. The Bertz CT molecular complexity index is 1060. The van der Waals surface area contributed by atoms with Gasteiger partial charge < -0.3 is 13.6 Å². The van der Waals surface area contributed by atoms with E-state index in [0.717, 1.165) is 11.3 Å². The molecule has 28 heavy (non-hydrogen) atoms. The number of hydrogen-bond donors (Lipinski definition) is 0. The standard InChI is InChI=1S/C19H15FN4O3S/c1-11(16-21-22-17(26-16)12-3-7-14(20)8-4-12)28-19-24-23-18(27-19)13-5-9-15(25-2)10-6-13/h3-11H,1-2H3/t11-/m1/s1. The van der Waals surface area contributed by atoms with E-state index in [-0.39, 0.29) is 11.1 Å². The molecule has 0 aliphatic heterocycles. The van der Waals surface area contributed by atoms with Crippen molar-refractivity contribution in [3.63, 3.8) is 0 Å². The third kappa shape index (κ3) is 3.89. The van der Waals surface area contributed by atoms with E-state index in [0.29, 0.717) is 28.5 Å². The van der Waals surface area contributed by atoms with Crippen LogP contribution in [0.4, 0.5) is 4.39 Å². The van der Waals surface area contributed by atoms with Gasteiger partial charge in [0.2, 0.25) is 17.7 Å². The first-order valence-electron chi connectivity index (χ1n) is 8.36. The Balaban J connectivity index is 1.46. The highest BCUT2D eigenvalue weighted by molar-refractivity contribution is 7.99. The molecule has 2 aromatic carbocycles. The normalized spacial score (nSPS) is 12.1. The summed E-state index contributed by atoms with van der Waals surface area (Å²) in [4.78, 5) is 0. The van der Waals surface area contributed by atoms with E-state index in [1.807, 2.05) is 31.2 Å². The van der Waals surface area contributed by atoms with Crippen LogP contribution in [0.15, 0.2) is 62.6 Å². The van der Waals surface area contributed by atoms with Crippen molar-refractivity contribution in [3.05, 3.63) is 60.2 Å². The van der Waals surface area contributed by atoms with Gasteiger partial charge in [0.1, 0.15) is 11.6 Å². The van der Waals surface area contributed by atoms with Gasteiger partial charge in [-0.25, -0.2) is 4.39 Å². The van der Waals surface area contributed by atoms with Crippen LogP contribution in [0.25, 0.3) is 22.9 Å². The largest absolute Gasteiger partial charge is 0.497 e. The van der Waals surface area contributed by atoms with Gasteiger partial charge in [-0.2, -0.15) is 0 Å². The lowest BCUT2D eigenvalue weighted by Gasteiger charge is -2.02. The molecule has 1 atom stereocenters. The van der Waals surface area contributed by atoms with Crippen molar-refractivity contribution in [1.82, 2.24) is 20.4 Å². The van der Waals surface area contributed by atoms with Crippen LogP contribution in [0, 0.1) is 5.82 Å². The molecule has 7 nitrogen and oxygen atoms in total. The quantitative estimate of drug-likeness (QED) is 0.429. The monoisotopic (exact) mass is 398 g/mol. The van der Waals surface area contributed by atoms with Crippen molar-refractivity contribution >= 4 is 11.8 Å². The molecule has 0 aliphatic carbocycles. The van der Waals surface area contributed by atoms with Crippen LogP contribution >= 0.6 is 11.8 Å². The molecule has 0 aliphatic rings. The molecule has 142 valence electrons. The first-order valence-corrected chi connectivity index (χ1v) is 9.24. The molecule has 2 heterocycles. The Labute approximate surface area is 164 Å². The van der Waals surface area contributed by atoms with Crippen LogP contribution in [0.1, 0.15) is 18.1 Å². The topological polar surface area (TPSA) is 87.1 Å². The molecule has 4 aromatic rings. The summed E-state index contributed by atoms with van der Waals surface area (Å²) in [6.07, 6.45) is 0. The van der Waals surface area contributed by atoms with Crippen LogP contribution in [0.3, 0.4) is 0 Å². The summed E-state index contributed by atoms with van der Waals surface area (Å²) in [5.74, 6) is 1.58. The summed E-state index contributed by atoms with van der Waals surface area (Å²) in [5.41, 5.74) is 1.45. The lowest BCUT2D eigenvalue weighted by atomic mass is 10.2. The molecule has 2 aromatic heterocycles. The SMILES string of the molecule is COc1ccc(-c2nnc(S[C@H](C)c3nnc(-c4ccc(F)cc4)o3)o2)cc1. The van der Waals surface area contributed by atoms with E-state index in [2.05, 4.69) is 20.4 Å². The van der Waals surface area contributed by atoms with Crippen LogP contribution < -0.4 is 4.74 Å². The molecule has 0 saturated heterocycles. The summed E-state index contributed by atoms with van der Waals surface area (Å²) in [7, 11) is 1.61. The number of rotatable bonds is 6. The minimum Gasteiger partial charge on any atom is -0.497 e. The highest BCUT2D eigenvalue weighted by atomic mass is 32.2. The van der Waals surface area contributed by atoms with Gasteiger partial charge >= 0.3 is 0 Å². The number of halogens is 1. The van der Waals surface area contributed by atoms with Crippen molar-refractivity contribution in [2.24, 2.45) is 0 Å². The van der Waals surface area contributed by atoms with Gasteiger partial charge in [0.05, 0.1) is 12.4 Å². The van der Waals surface area contributed by atoms with Crippen LogP contribution in [0.2, 0.25) is 0 Å². The van der Waals surface area contributed by atoms with Gasteiger partial charge in [-0.15, -0.1) is 20.4 Å². The maximum absolute atomic E-state index is 13.0. The number of hydrogen-bond acceptors (Lipinski definition) is 8. The van der Waals surface area contributed by atoms with E-state index >= 15 is 0 Å². The maximum atomic E-state index is 13.0. The van der Waals surface area contributed by atoms with Gasteiger partial charge in [-0.3, -0.25) is 0 Å². The van der Waals surface area contributed by atoms with Crippen molar-refractivity contribution < 1.29 is 18.0 Å². The van der Waals surface area contributed by atoms with Crippen molar-refractivity contribution in [3.8, 4) is 28.7 Å². The Hall–Kier alpha value is -3.20. The van der Waals surface area contributed by atoms with Crippen molar-refractivity contribution in [2.45, 2.75) is 17.4 Å². The average Bonchev–Trinajstić information content (AvgIpc) is 3.39. The molecule has 0 unspecified atom stereocenters. The molecular formula is C19H15FN4O3S. The summed E-state index contributed by atoms with van der Waals surface area (Å²) in [5, 5.41) is 16.4. The summed E-state index contributed by atoms with van der Waals surface area (Å²) in [6, 6.07) is 13.2. The molecule has 0 radical (unpaired) electrons. The Kier molecular flexibility index (Phi) is 5.07.